The van der Waals surface area contributed by atoms with Crippen LogP contribution in [0.4, 0.5) is 0 Å². The van der Waals surface area contributed by atoms with E-state index < -0.39 is 0 Å². The Balaban J connectivity index is 2.58. The molecule has 2 nitrogen and oxygen atoms in total. The highest BCUT2D eigenvalue weighted by Crippen LogP contribution is 2.13. The first-order valence-electron chi connectivity index (χ1n) is 5.82. The standard InChI is InChI=1S/C13H22N2/c1-5-12(10(2)3)15-11(4)13-8-6-7-9-14-13/h6-12,15H,5H2,1-4H3/t11-,12+/m0/s1. The van der Waals surface area contributed by atoms with Crippen molar-refractivity contribution in [3.63, 3.8) is 0 Å². The van der Waals surface area contributed by atoms with E-state index in [0.29, 0.717) is 18.0 Å². The van der Waals surface area contributed by atoms with Gasteiger partial charge in [0.05, 0.1) is 5.69 Å². The zero-order valence-electron chi connectivity index (χ0n) is 10.2. The second kappa shape index (κ2) is 5.86. The molecule has 1 rings (SSSR count). The van der Waals surface area contributed by atoms with Crippen LogP contribution in [0.25, 0.3) is 0 Å². The van der Waals surface area contributed by atoms with Gasteiger partial charge in [-0.1, -0.05) is 26.8 Å². The Bertz CT molecular complexity index is 269. The summed E-state index contributed by atoms with van der Waals surface area (Å²) in [7, 11) is 0. The molecule has 15 heavy (non-hydrogen) atoms. The van der Waals surface area contributed by atoms with Gasteiger partial charge in [0.15, 0.2) is 0 Å². The largest absolute Gasteiger partial charge is 0.306 e. The van der Waals surface area contributed by atoms with E-state index in [1.165, 1.54) is 0 Å². The van der Waals surface area contributed by atoms with Gasteiger partial charge in [0.2, 0.25) is 0 Å². The van der Waals surface area contributed by atoms with Crippen molar-refractivity contribution in [1.29, 1.82) is 0 Å². The zero-order chi connectivity index (χ0) is 11.3. The van der Waals surface area contributed by atoms with Crippen LogP contribution in [0.3, 0.4) is 0 Å². The number of nitrogens with one attached hydrogen (secondary N) is 1. The van der Waals surface area contributed by atoms with Gasteiger partial charge >= 0.3 is 0 Å². The lowest BCUT2D eigenvalue weighted by Crippen LogP contribution is -2.35. The highest BCUT2D eigenvalue weighted by atomic mass is 15.0. The van der Waals surface area contributed by atoms with Crippen molar-refractivity contribution >= 4 is 0 Å². The van der Waals surface area contributed by atoms with E-state index in [1.54, 1.807) is 0 Å². The van der Waals surface area contributed by atoms with Crippen molar-refractivity contribution in [2.75, 3.05) is 0 Å². The molecular weight excluding hydrogens is 184 g/mol. The van der Waals surface area contributed by atoms with E-state index in [2.05, 4.69) is 44.1 Å². The molecule has 0 aromatic carbocycles. The molecule has 0 fully saturated rings. The summed E-state index contributed by atoms with van der Waals surface area (Å²) in [6.45, 7) is 8.91. The summed E-state index contributed by atoms with van der Waals surface area (Å²) in [6, 6.07) is 6.97. The Morgan fingerprint density at radius 1 is 1.27 bits per heavy atom. The molecule has 0 aliphatic carbocycles. The van der Waals surface area contributed by atoms with Crippen molar-refractivity contribution < 1.29 is 0 Å². The Labute approximate surface area is 93.1 Å². The fourth-order valence-electron chi connectivity index (χ4n) is 1.82. The average Bonchev–Trinajstić information content (AvgIpc) is 2.26. The van der Waals surface area contributed by atoms with Crippen LogP contribution in [0, 0.1) is 5.92 Å². The number of hydrogen-bond acceptors (Lipinski definition) is 2. The maximum Gasteiger partial charge on any atom is 0.0570 e. The van der Waals surface area contributed by atoms with E-state index in [1.807, 2.05) is 18.3 Å². The second-order valence-corrected chi connectivity index (χ2v) is 4.40. The molecular formula is C13H22N2. The molecule has 1 heterocycles. The predicted molar refractivity (Wildman–Crippen MR) is 64.7 cm³/mol. The van der Waals surface area contributed by atoms with Gasteiger partial charge in [0.1, 0.15) is 0 Å². The summed E-state index contributed by atoms with van der Waals surface area (Å²) < 4.78 is 0. The summed E-state index contributed by atoms with van der Waals surface area (Å²) >= 11 is 0. The molecule has 0 bridgehead atoms. The fourth-order valence-corrected chi connectivity index (χ4v) is 1.82. The predicted octanol–water partition coefficient (Wildman–Crippen LogP) is 3.17. The molecule has 2 heteroatoms. The lowest BCUT2D eigenvalue weighted by Gasteiger charge is -2.25. The minimum atomic E-state index is 0.332. The van der Waals surface area contributed by atoms with E-state index in [9.17, 15) is 0 Å². The third kappa shape index (κ3) is 3.63. The van der Waals surface area contributed by atoms with E-state index >= 15 is 0 Å². The molecule has 1 N–H and O–H groups in total. The van der Waals surface area contributed by atoms with Crippen LogP contribution in [0.5, 0.6) is 0 Å². The smallest absolute Gasteiger partial charge is 0.0570 e. The Morgan fingerprint density at radius 2 is 2.00 bits per heavy atom. The van der Waals surface area contributed by atoms with Gasteiger partial charge in [-0.3, -0.25) is 4.98 Å². The topological polar surface area (TPSA) is 24.9 Å². The van der Waals surface area contributed by atoms with Gasteiger partial charge in [-0.25, -0.2) is 0 Å². The van der Waals surface area contributed by atoms with Gasteiger partial charge in [-0.05, 0) is 31.4 Å². The Kier molecular flexibility index (Phi) is 4.76. The van der Waals surface area contributed by atoms with Crippen molar-refractivity contribution in [2.24, 2.45) is 5.92 Å². The number of pyridine rings is 1. The van der Waals surface area contributed by atoms with Crippen molar-refractivity contribution in [3.05, 3.63) is 30.1 Å². The lowest BCUT2D eigenvalue weighted by atomic mass is 10.0. The summed E-state index contributed by atoms with van der Waals surface area (Å²) in [5.74, 6) is 0.668. The quantitative estimate of drug-likeness (QED) is 0.800. The monoisotopic (exact) mass is 206 g/mol. The second-order valence-electron chi connectivity index (χ2n) is 4.40. The third-order valence-corrected chi connectivity index (χ3v) is 2.84. The van der Waals surface area contributed by atoms with Crippen LogP contribution in [0.15, 0.2) is 24.4 Å². The minimum absolute atomic E-state index is 0.332. The van der Waals surface area contributed by atoms with E-state index in [-0.39, 0.29) is 0 Å². The van der Waals surface area contributed by atoms with Crippen molar-refractivity contribution in [2.45, 2.75) is 46.2 Å². The SMILES string of the molecule is CC[C@@H](N[C@@H](C)c1ccccn1)C(C)C. The van der Waals surface area contributed by atoms with Crippen LogP contribution in [0.2, 0.25) is 0 Å². The van der Waals surface area contributed by atoms with Gasteiger partial charge in [0.25, 0.3) is 0 Å². The highest BCUT2D eigenvalue weighted by molar-refractivity contribution is 5.07. The molecule has 0 saturated heterocycles. The molecule has 2 atom stereocenters. The lowest BCUT2D eigenvalue weighted by molar-refractivity contribution is 0.353. The molecule has 0 unspecified atom stereocenters. The van der Waals surface area contributed by atoms with E-state index in [0.717, 1.165) is 12.1 Å². The molecule has 0 radical (unpaired) electrons. The fraction of sp³-hybridized carbons (Fsp3) is 0.615. The normalized spacial score (nSPS) is 15.3. The first-order valence-corrected chi connectivity index (χ1v) is 5.82. The van der Waals surface area contributed by atoms with Crippen LogP contribution in [-0.4, -0.2) is 11.0 Å². The molecule has 84 valence electrons. The summed E-state index contributed by atoms with van der Waals surface area (Å²) in [5, 5.41) is 3.62. The Hall–Kier alpha value is -0.890. The third-order valence-electron chi connectivity index (χ3n) is 2.84. The molecule has 0 aliphatic heterocycles. The van der Waals surface area contributed by atoms with Crippen molar-refractivity contribution in [1.82, 2.24) is 10.3 Å². The molecule has 0 aliphatic rings. The maximum absolute atomic E-state index is 4.36. The van der Waals surface area contributed by atoms with Crippen LogP contribution in [0.1, 0.15) is 45.9 Å². The van der Waals surface area contributed by atoms with Gasteiger partial charge in [-0.2, -0.15) is 0 Å². The number of nitrogens with zero attached hydrogens (tertiary/aromatic N) is 1. The van der Waals surface area contributed by atoms with Gasteiger partial charge in [-0.15, -0.1) is 0 Å². The van der Waals surface area contributed by atoms with E-state index in [4.69, 9.17) is 0 Å². The number of aromatic nitrogens is 1. The molecule has 0 amide bonds. The van der Waals surface area contributed by atoms with Crippen LogP contribution in [-0.2, 0) is 0 Å². The average molecular weight is 206 g/mol. The molecule has 1 aromatic heterocycles. The van der Waals surface area contributed by atoms with Gasteiger partial charge < -0.3 is 5.32 Å². The summed E-state index contributed by atoms with van der Waals surface area (Å²) in [6.07, 6.45) is 3.01. The molecule has 0 saturated carbocycles. The molecule has 0 spiro atoms. The summed E-state index contributed by atoms with van der Waals surface area (Å²) in [4.78, 5) is 4.36. The highest BCUT2D eigenvalue weighted by Gasteiger charge is 2.15. The number of hydrogen-bond donors (Lipinski definition) is 1. The van der Waals surface area contributed by atoms with Crippen molar-refractivity contribution in [3.8, 4) is 0 Å². The molecule has 1 aromatic rings. The minimum Gasteiger partial charge on any atom is -0.306 e. The number of rotatable bonds is 5. The zero-order valence-corrected chi connectivity index (χ0v) is 10.2. The first kappa shape index (κ1) is 12.2. The maximum atomic E-state index is 4.36. The summed E-state index contributed by atoms with van der Waals surface area (Å²) in [5.41, 5.74) is 1.12. The Morgan fingerprint density at radius 3 is 2.47 bits per heavy atom. The van der Waals surface area contributed by atoms with Crippen LogP contribution < -0.4 is 5.32 Å². The van der Waals surface area contributed by atoms with Crippen LogP contribution >= 0.6 is 0 Å². The van der Waals surface area contributed by atoms with Gasteiger partial charge in [0, 0.05) is 18.3 Å². The first-order chi connectivity index (χ1) is 7.15.